The van der Waals surface area contributed by atoms with Crippen LogP contribution in [0.2, 0.25) is 5.02 Å². The largest absolute Gasteiger partial charge is 0.350 e. The summed E-state index contributed by atoms with van der Waals surface area (Å²) in [6.07, 6.45) is 3.70. The van der Waals surface area contributed by atoms with Crippen LogP contribution >= 0.6 is 11.6 Å². The van der Waals surface area contributed by atoms with Crippen molar-refractivity contribution in [3.63, 3.8) is 0 Å². The Morgan fingerprint density at radius 3 is 3.05 bits per heavy atom. The number of hydrogen-bond acceptors (Lipinski definition) is 5. The number of rotatable bonds is 5. The molecule has 0 aliphatic carbocycles. The minimum atomic E-state index is -0.432. The molecular weight excluding hydrogens is 268 g/mol. The van der Waals surface area contributed by atoms with E-state index >= 15 is 0 Å². The van der Waals surface area contributed by atoms with Crippen LogP contribution in [0.15, 0.2) is 12.3 Å². The number of nitro groups is 1. The number of aromatic nitrogens is 1. The smallest absolute Gasteiger partial charge is 0.313 e. The second-order valence-electron chi connectivity index (χ2n) is 4.59. The van der Waals surface area contributed by atoms with E-state index in [2.05, 4.69) is 10.3 Å². The van der Waals surface area contributed by atoms with Crippen molar-refractivity contribution in [3.05, 3.63) is 27.4 Å². The zero-order chi connectivity index (χ0) is 13.8. The Balaban J connectivity index is 2.23. The summed E-state index contributed by atoms with van der Waals surface area (Å²) in [6, 6.07) is 1.73. The van der Waals surface area contributed by atoms with E-state index in [-0.39, 0.29) is 10.7 Å². The fourth-order valence-electron chi connectivity index (χ4n) is 2.34. The lowest BCUT2D eigenvalue weighted by atomic mass is 10.2. The molecule has 1 unspecified atom stereocenters. The van der Waals surface area contributed by atoms with E-state index < -0.39 is 4.92 Å². The molecule has 19 heavy (non-hydrogen) atoms. The standard InChI is InChI=1S/C12H17ClN4O2/c1-2-16(8-10-4-3-5-14-10)12-11(17(18)19)6-9(13)7-15-12/h6-7,10,14H,2-5,8H2,1H3. The van der Waals surface area contributed by atoms with E-state index in [9.17, 15) is 10.1 Å². The van der Waals surface area contributed by atoms with Crippen LogP contribution in [0.5, 0.6) is 0 Å². The van der Waals surface area contributed by atoms with E-state index in [0.717, 1.165) is 25.9 Å². The van der Waals surface area contributed by atoms with Crippen LogP contribution in [0.3, 0.4) is 0 Å². The zero-order valence-electron chi connectivity index (χ0n) is 10.8. The molecule has 1 aliphatic heterocycles. The number of halogens is 1. The molecule has 0 radical (unpaired) electrons. The van der Waals surface area contributed by atoms with Gasteiger partial charge in [-0.3, -0.25) is 10.1 Å². The lowest BCUT2D eigenvalue weighted by molar-refractivity contribution is -0.384. The first-order valence-electron chi connectivity index (χ1n) is 6.40. The highest BCUT2D eigenvalue weighted by molar-refractivity contribution is 6.30. The molecule has 0 amide bonds. The number of anilines is 1. The van der Waals surface area contributed by atoms with Gasteiger partial charge in [0.25, 0.3) is 0 Å². The van der Waals surface area contributed by atoms with Crippen LogP contribution in [-0.2, 0) is 0 Å². The van der Waals surface area contributed by atoms with Gasteiger partial charge in [-0.15, -0.1) is 0 Å². The summed E-state index contributed by atoms with van der Waals surface area (Å²) in [6.45, 7) is 4.38. The van der Waals surface area contributed by atoms with Crippen molar-refractivity contribution in [2.45, 2.75) is 25.8 Å². The predicted molar refractivity (Wildman–Crippen MR) is 74.8 cm³/mol. The van der Waals surface area contributed by atoms with Gasteiger partial charge in [0.15, 0.2) is 0 Å². The fraction of sp³-hybridized carbons (Fsp3) is 0.583. The van der Waals surface area contributed by atoms with Gasteiger partial charge in [-0.25, -0.2) is 4.98 Å². The van der Waals surface area contributed by atoms with Crippen molar-refractivity contribution >= 4 is 23.1 Å². The van der Waals surface area contributed by atoms with Crippen LogP contribution in [0.1, 0.15) is 19.8 Å². The van der Waals surface area contributed by atoms with Gasteiger partial charge in [0.2, 0.25) is 5.82 Å². The van der Waals surface area contributed by atoms with Gasteiger partial charge < -0.3 is 10.2 Å². The van der Waals surface area contributed by atoms with Crippen molar-refractivity contribution in [2.24, 2.45) is 0 Å². The molecule has 0 aromatic carbocycles. The lowest BCUT2D eigenvalue weighted by Crippen LogP contribution is -2.38. The minimum absolute atomic E-state index is 0.0349. The molecule has 0 bridgehead atoms. The summed E-state index contributed by atoms with van der Waals surface area (Å²) in [4.78, 5) is 16.7. The van der Waals surface area contributed by atoms with Crippen molar-refractivity contribution in [3.8, 4) is 0 Å². The maximum absolute atomic E-state index is 11.1. The SMILES string of the molecule is CCN(CC1CCCN1)c1ncc(Cl)cc1[N+](=O)[O-]. The molecule has 0 spiro atoms. The second kappa shape index (κ2) is 6.16. The average Bonchev–Trinajstić information content (AvgIpc) is 2.89. The molecule has 1 atom stereocenters. The molecule has 1 fully saturated rings. The van der Waals surface area contributed by atoms with Crippen molar-refractivity contribution < 1.29 is 4.92 Å². The second-order valence-corrected chi connectivity index (χ2v) is 5.02. The van der Waals surface area contributed by atoms with Crippen molar-refractivity contribution in [1.29, 1.82) is 0 Å². The third-order valence-electron chi connectivity index (χ3n) is 3.29. The van der Waals surface area contributed by atoms with E-state index in [1.54, 1.807) is 0 Å². The molecule has 6 nitrogen and oxygen atoms in total. The van der Waals surface area contributed by atoms with Crippen LogP contribution in [0, 0.1) is 10.1 Å². The molecule has 1 aromatic rings. The molecule has 1 N–H and O–H groups in total. The molecule has 1 aromatic heterocycles. The molecule has 1 aliphatic rings. The highest BCUT2D eigenvalue weighted by Gasteiger charge is 2.24. The number of pyridine rings is 1. The number of nitrogens with zero attached hydrogens (tertiary/aromatic N) is 3. The number of nitrogens with one attached hydrogen (secondary N) is 1. The van der Waals surface area contributed by atoms with Crippen LogP contribution in [0.25, 0.3) is 0 Å². The minimum Gasteiger partial charge on any atom is -0.350 e. The molecule has 2 heterocycles. The van der Waals surface area contributed by atoms with Crippen LogP contribution in [-0.4, -0.2) is 35.6 Å². The number of likely N-dealkylation sites (N-methyl/N-ethyl adjacent to an activating group) is 1. The van der Waals surface area contributed by atoms with E-state index in [4.69, 9.17) is 11.6 Å². The Hall–Kier alpha value is -1.40. The average molecular weight is 285 g/mol. The molecule has 1 saturated heterocycles. The molecular formula is C12H17ClN4O2. The first-order chi connectivity index (χ1) is 9.11. The van der Waals surface area contributed by atoms with Crippen LogP contribution in [0.4, 0.5) is 11.5 Å². The topological polar surface area (TPSA) is 71.3 Å². The van der Waals surface area contributed by atoms with Gasteiger partial charge in [0, 0.05) is 31.4 Å². The van der Waals surface area contributed by atoms with Gasteiger partial charge in [-0.05, 0) is 26.3 Å². The Morgan fingerprint density at radius 2 is 2.47 bits per heavy atom. The van der Waals surface area contributed by atoms with E-state index in [1.807, 2.05) is 11.8 Å². The zero-order valence-corrected chi connectivity index (χ0v) is 11.6. The van der Waals surface area contributed by atoms with E-state index in [0.29, 0.717) is 18.4 Å². The van der Waals surface area contributed by atoms with Gasteiger partial charge in [0.1, 0.15) is 0 Å². The Morgan fingerprint density at radius 1 is 1.68 bits per heavy atom. The highest BCUT2D eigenvalue weighted by atomic mass is 35.5. The van der Waals surface area contributed by atoms with E-state index in [1.165, 1.54) is 12.3 Å². The molecule has 2 rings (SSSR count). The first kappa shape index (κ1) is 14.0. The molecule has 0 saturated carbocycles. The summed E-state index contributed by atoms with van der Waals surface area (Å²) in [5.74, 6) is 0.394. The number of hydrogen-bond donors (Lipinski definition) is 1. The monoisotopic (exact) mass is 284 g/mol. The predicted octanol–water partition coefficient (Wildman–Crippen LogP) is 2.22. The Bertz CT molecular complexity index is 463. The normalized spacial score (nSPS) is 18.5. The van der Waals surface area contributed by atoms with Gasteiger partial charge in [0.05, 0.1) is 9.95 Å². The third-order valence-corrected chi connectivity index (χ3v) is 3.50. The molecule has 7 heteroatoms. The summed E-state index contributed by atoms with van der Waals surface area (Å²) < 4.78 is 0. The third kappa shape index (κ3) is 3.33. The summed E-state index contributed by atoms with van der Waals surface area (Å²) in [7, 11) is 0. The molecule has 104 valence electrons. The Labute approximate surface area is 116 Å². The fourth-order valence-corrected chi connectivity index (χ4v) is 2.50. The van der Waals surface area contributed by atoms with Crippen molar-refractivity contribution in [1.82, 2.24) is 10.3 Å². The maximum atomic E-state index is 11.1. The Kier molecular flexibility index (Phi) is 4.55. The van der Waals surface area contributed by atoms with Gasteiger partial charge in [-0.2, -0.15) is 0 Å². The van der Waals surface area contributed by atoms with Crippen molar-refractivity contribution in [2.75, 3.05) is 24.5 Å². The summed E-state index contributed by atoms with van der Waals surface area (Å²) >= 11 is 5.78. The summed E-state index contributed by atoms with van der Waals surface area (Å²) in [5.41, 5.74) is -0.0349. The summed E-state index contributed by atoms with van der Waals surface area (Å²) in [5, 5.41) is 14.8. The quantitative estimate of drug-likeness (QED) is 0.663. The lowest BCUT2D eigenvalue weighted by Gasteiger charge is -2.25. The van der Waals surface area contributed by atoms with Crippen LogP contribution < -0.4 is 10.2 Å². The van der Waals surface area contributed by atoms with Gasteiger partial charge >= 0.3 is 5.69 Å². The first-order valence-corrected chi connectivity index (χ1v) is 6.78. The van der Waals surface area contributed by atoms with Gasteiger partial charge in [-0.1, -0.05) is 11.6 Å². The maximum Gasteiger partial charge on any atom is 0.313 e. The highest BCUT2D eigenvalue weighted by Crippen LogP contribution is 2.28.